The van der Waals surface area contributed by atoms with Crippen LogP contribution in [0.4, 0.5) is 17.1 Å². The van der Waals surface area contributed by atoms with E-state index < -0.39 is 16.9 Å². The van der Waals surface area contributed by atoms with E-state index in [1.807, 2.05) is 6.92 Å². The molecule has 7 heteroatoms. The maximum atomic E-state index is 11.5. The van der Waals surface area contributed by atoms with E-state index in [0.29, 0.717) is 30.9 Å². The van der Waals surface area contributed by atoms with Crippen LogP contribution in [0, 0.1) is 10.1 Å². The molecule has 1 amide bonds. The Morgan fingerprint density at radius 3 is 2.95 bits per heavy atom. The van der Waals surface area contributed by atoms with Gasteiger partial charge in [-0.15, -0.1) is 0 Å². The Labute approximate surface area is 116 Å². The fraction of sp³-hybridized carbons (Fsp3) is 0.462. The molecule has 1 aliphatic rings. The zero-order valence-corrected chi connectivity index (χ0v) is 11.3. The van der Waals surface area contributed by atoms with Gasteiger partial charge < -0.3 is 16.0 Å². The van der Waals surface area contributed by atoms with Crippen LogP contribution in [-0.4, -0.2) is 30.0 Å². The third kappa shape index (κ3) is 2.52. The second-order valence-corrected chi connectivity index (χ2v) is 4.71. The normalized spacial score (nSPS) is 18.1. The first-order valence-electron chi connectivity index (χ1n) is 6.63. The Hall–Kier alpha value is -2.31. The molecule has 1 aromatic rings. The predicted octanol–water partition coefficient (Wildman–Crippen LogP) is 1.48. The van der Waals surface area contributed by atoms with E-state index in [1.165, 1.54) is 0 Å². The van der Waals surface area contributed by atoms with Crippen LogP contribution in [0.2, 0.25) is 0 Å². The second kappa shape index (κ2) is 5.77. The minimum atomic E-state index is -0.467. The predicted molar refractivity (Wildman–Crippen MR) is 76.8 cm³/mol. The Balaban J connectivity index is 2.47. The number of amides is 1. The number of rotatable bonds is 5. The van der Waals surface area contributed by atoms with Crippen LogP contribution >= 0.6 is 0 Å². The van der Waals surface area contributed by atoms with E-state index >= 15 is 0 Å². The molecule has 1 aliphatic heterocycles. The molecule has 1 atom stereocenters. The van der Waals surface area contributed by atoms with Crippen molar-refractivity contribution in [2.45, 2.75) is 25.8 Å². The summed E-state index contributed by atoms with van der Waals surface area (Å²) in [6.45, 7) is 3.06. The van der Waals surface area contributed by atoms with Gasteiger partial charge in [0.2, 0.25) is 5.91 Å². The molecule has 0 aliphatic carbocycles. The van der Waals surface area contributed by atoms with Crippen LogP contribution in [-0.2, 0) is 4.79 Å². The van der Waals surface area contributed by atoms with Gasteiger partial charge in [-0.1, -0.05) is 6.07 Å². The van der Waals surface area contributed by atoms with Crippen LogP contribution in [0.1, 0.15) is 19.8 Å². The number of hydrogen-bond acceptors (Lipinski definition) is 5. The van der Waals surface area contributed by atoms with Crippen LogP contribution < -0.4 is 16.0 Å². The number of hydrogen-bond donors (Lipinski definition) is 2. The number of para-hydroxylation sites is 1. The van der Waals surface area contributed by atoms with Crippen molar-refractivity contribution < 1.29 is 9.72 Å². The summed E-state index contributed by atoms with van der Waals surface area (Å²) in [5.41, 5.74) is 6.30. The second-order valence-electron chi connectivity index (χ2n) is 4.71. The molecule has 0 radical (unpaired) electrons. The lowest BCUT2D eigenvalue weighted by Gasteiger charge is -2.24. The van der Waals surface area contributed by atoms with Crippen LogP contribution in [0.25, 0.3) is 0 Å². The van der Waals surface area contributed by atoms with Crippen molar-refractivity contribution in [3.8, 4) is 0 Å². The maximum Gasteiger partial charge on any atom is 0.315 e. The van der Waals surface area contributed by atoms with Gasteiger partial charge in [0.1, 0.15) is 17.4 Å². The van der Waals surface area contributed by atoms with E-state index in [4.69, 9.17) is 5.73 Å². The number of primary amides is 1. The van der Waals surface area contributed by atoms with Crippen molar-refractivity contribution in [1.29, 1.82) is 0 Å². The molecule has 3 N–H and O–H groups in total. The molecular weight excluding hydrogens is 260 g/mol. The number of anilines is 2. The molecular formula is C13H18N4O3. The van der Waals surface area contributed by atoms with Gasteiger partial charge in [0.25, 0.3) is 0 Å². The minimum Gasteiger partial charge on any atom is -0.380 e. The van der Waals surface area contributed by atoms with Crippen LogP contribution in [0.5, 0.6) is 0 Å². The largest absolute Gasteiger partial charge is 0.380 e. The van der Waals surface area contributed by atoms with Gasteiger partial charge in [-0.25, -0.2) is 0 Å². The zero-order valence-electron chi connectivity index (χ0n) is 11.3. The van der Waals surface area contributed by atoms with E-state index in [0.717, 1.165) is 6.42 Å². The molecule has 1 fully saturated rings. The first-order chi connectivity index (χ1) is 9.56. The number of nitrogens with one attached hydrogen (secondary N) is 1. The topological polar surface area (TPSA) is 102 Å². The molecule has 0 spiro atoms. The highest BCUT2D eigenvalue weighted by Gasteiger charge is 2.34. The summed E-state index contributed by atoms with van der Waals surface area (Å²) >= 11 is 0. The van der Waals surface area contributed by atoms with Gasteiger partial charge in [-0.2, -0.15) is 0 Å². The Morgan fingerprint density at radius 2 is 2.35 bits per heavy atom. The highest BCUT2D eigenvalue weighted by molar-refractivity contribution is 5.87. The SMILES string of the molecule is CCNc1cccc(N2CCCC2C(N)=O)c1[N+](=O)[O-]. The number of carbonyl (C=O) groups is 1. The molecule has 20 heavy (non-hydrogen) atoms. The van der Waals surface area contributed by atoms with E-state index in [9.17, 15) is 14.9 Å². The molecule has 1 aromatic carbocycles. The summed E-state index contributed by atoms with van der Waals surface area (Å²) in [6, 6.07) is 4.61. The summed E-state index contributed by atoms with van der Waals surface area (Å²) in [5.74, 6) is -0.439. The van der Waals surface area contributed by atoms with E-state index in [1.54, 1.807) is 23.1 Å². The summed E-state index contributed by atoms with van der Waals surface area (Å²) in [5, 5.41) is 14.4. The first kappa shape index (κ1) is 14.1. The third-order valence-corrected chi connectivity index (χ3v) is 3.46. The monoisotopic (exact) mass is 278 g/mol. The number of nitro groups is 1. The smallest absolute Gasteiger partial charge is 0.315 e. The number of nitrogens with two attached hydrogens (primary N) is 1. The number of nitrogens with zero attached hydrogens (tertiary/aromatic N) is 2. The number of benzene rings is 1. The average Bonchev–Trinajstić information content (AvgIpc) is 2.87. The Kier molecular flexibility index (Phi) is 4.07. The molecule has 7 nitrogen and oxygen atoms in total. The van der Waals surface area contributed by atoms with Crippen molar-refractivity contribution in [3.63, 3.8) is 0 Å². The maximum absolute atomic E-state index is 11.5. The Bertz CT molecular complexity index is 532. The van der Waals surface area contributed by atoms with Crippen molar-refractivity contribution in [2.75, 3.05) is 23.3 Å². The van der Waals surface area contributed by atoms with Gasteiger partial charge in [0, 0.05) is 13.1 Å². The fourth-order valence-corrected chi connectivity index (χ4v) is 2.64. The third-order valence-electron chi connectivity index (χ3n) is 3.46. The first-order valence-corrected chi connectivity index (χ1v) is 6.63. The quantitative estimate of drug-likeness (QED) is 0.627. The highest BCUT2D eigenvalue weighted by Crippen LogP contribution is 2.38. The average molecular weight is 278 g/mol. The highest BCUT2D eigenvalue weighted by atomic mass is 16.6. The van der Waals surface area contributed by atoms with Crippen molar-refractivity contribution in [1.82, 2.24) is 0 Å². The van der Waals surface area contributed by atoms with Crippen molar-refractivity contribution >= 4 is 23.0 Å². The van der Waals surface area contributed by atoms with Crippen LogP contribution in [0.3, 0.4) is 0 Å². The summed E-state index contributed by atoms with van der Waals surface area (Å²) in [6.07, 6.45) is 1.44. The van der Waals surface area contributed by atoms with Crippen molar-refractivity contribution in [2.24, 2.45) is 5.73 Å². The molecule has 0 aromatic heterocycles. The van der Waals surface area contributed by atoms with E-state index in [2.05, 4.69) is 5.32 Å². The lowest BCUT2D eigenvalue weighted by atomic mass is 10.1. The van der Waals surface area contributed by atoms with Gasteiger partial charge >= 0.3 is 5.69 Å². The Morgan fingerprint density at radius 1 is 1.60 bits per heavy atom. The summed E-state index contributed by atoms with van der Waals surface area (Å²) in [4.78, 5) is 24.2. The molecule has 0 saturated carbocycles. The van der Waals surface area contributed by atoms with Gasteiger partial charge in [0.15, 0.2) is 0 Å². The van der Waals surface area contributed by atoms with Crippen LogP contribution in [0.15, 0.2) is 18.2 Å². The zero-order chi connectivity index (χ0) is 14.7. The summed E-state index contributed by atoms with van der Waals surface area (Å²) in [7, 11) is 0. The van der Waals surface area contributed by atoms with Gasteiger partial charge in [0.05, 0.1) is 4.92 Å². The molecule has 1 heterocycles. The molecule has 2 rings (SSSR count). The van der Waals surface area contributed by atoms with Gasteiger partial charge in [-0.3, -0.25) is 14.9 Å². The lowest BCUT2D eigenvalue weighted by Crippen LogP contribution is -2.40. The number of nitro benzene ring substituents is 1. The molecule has 108 valence electrons. The van der Waals surface area contributed by atoms with Gasteiger partial charge in [-0.05, 0) is 31.9 Å². The lowest BCUT2D eigenvalue weighted by molar-refractivity contribution is -0.383. The standard InChI is InChI=1S/C13H18N4O3/c1-2-15-9-5-3-6-10(12(9)17(19)20)16-8-4-7-11(16)13(14)18/h3,5-6,11,15H,2,4,7-8H2,1H3,(H2,14,18). The molecule has 1 unspecified atom stereocenters. The molecule has 0 bridgehead atoms. The van der Waals surface area contributed by atoms with E-state index in [-0.39, 0.29) is 5.69 Å². The molecule has 1 saturated heterocycles. The summed E-state index contributed by atoms with van der Waals surface area (Å²) < 4.78 is 0. The fourth-order valence-electron chi connectivity index (χ4n) is 2.64. The van der Waals surface area contributed by atoms with Crippen molar-refractivity contribution in [3.05, 3.63) is 28.3 Å². The minimum absolute atomic E-state index is 0.00231. The number of carbonyl (C=O) groups excluding carboxylic acids is 1.